The van der Waals surface area contributed by atoms with Gasteiger partial charge in [-0.3, -0.25) is 19.8 Å². The van der Waals surface area contributed by atoms with Gasteiger partial charge in [-0.25, -0.2) is 0 Å². The summed E-state index contributed by atoms with van der Waals surface area (Å²) in [5, 5.41) is 2.86. The van der Waals surface area contributed by atoms with Gasteiger partial charge < -0.3 is 9.47 Å². The van der Waals surface area contributed by atoms with E-state index in [0.717, 1.165) is 0 Å². The summed E-state index contributed by atoms with van der Waals surface area (Å²) in [5.74, 6) is -0.0109. The highest BCUT2D eigenvalue weighted by atomic mass is 35.5. The number of rotatable bonds is 6. The maximum atomic E-state index is 13.1. The number of nitrogens with one attached hydrogen (secondary N) is 1. The SMILES string of the molecule is CCOc1ccc(/C=C2\C(=O)NC(=S)N(c3ccccc3Cl)C2=O)c(OCC)c1. The zero-order chi connectivity index (χ0) is 21.0. The number of ether oxygens (including phenoxy) is 2. The van der Waals surface area contributed by atoms with Crippen molar-refractivity contribution < 1.29 is 19.1 Å². The summed E-state index contributed by atoms with van der Waals surface area (Å²) in [7, 11) is 0. The van der Waals surface area contributed by atoms with Crippen LogP contribution in [0.15, 0.2) is 48.0 Å². The molecule has 0 radical (unpaired) electrons. The van der Waals surface area contributed by atoms with Crippen LogP contribution in [0.4, 0.5) is 5.69 Å². The molecule has 0 unspecified atom stereocenters. The summed E-state index contributed by atoms with van der Waals surface area (Å²) < 4.78 is 11.2. The van der Waals surface area contributed by atoms with Crippen molar-refractivity contribution in [2.24, 2.45) is 0 Å². The number of hydrogen-bond donors (Lipinski definition) is 1. The van der Waals surface area contributed by atoms with Gasteiger partial charge in [-0.15, -0.1) is 0 Å². The lowest BCUT2D eigenvalue weighted by molar-refractivity contribution is -0.122. The van der Waals surface area contributed by atoms with Crippen LogP contribution >= 0.6 is 23.8 Å². The number of amides is 2. The second kappa shape index (κ2) is 9.07. The lowest BCUT2D eigenvalue weighted by Crippen LogP contribution is -2.54. The molecule has 150 valence electrons. The Morgan fingerprint density at radius 2 is 1.83 bits per heavy atom. The van der Waals surface area contributed by atoms with Gasteiger partial charge in [0.1, 0.15) is 17.1 Å². The van der Waals surface area contributed by atoms with Crippen molar-refractivity contribution in [1.82, 2.24) is 5.32 Å². The molecule has 6 nitrogen and oxygen atoms in total. The van der Waals surface area contributed by atoms with Gasteiger partial charge >= 0.3 is 0 Å². The zero-order valence-corrected chi connectivity index (χ0v) is 17.5. The summed E-state index contributed by atoms with van der Waals surface area (Å²) in [6.45, 7) is 4.66. The van der Waals surface area contributed by atoms with Gasteiger partial charge in [0.15, 0.2) is 5.11 Å². The monoisotopic (exact) mass is 430 g/mol. The fourth-order valence-electron chi connectivity index (χ4n) is 2.84. The highest BCUT2D eigenvalue weighted by Crippen LogP contribution is 2.31. The number of carbonyl (C=O) groups is 2. The standard InChI is InChI=1S/C21H19ClN2O4S/c1-3-27-14-10-9-13(18(12-14)28-4-2)11-15-19(25)23-21(29)24(20(15)26)17-8-6-5-7-16(17)22/h5-12H,3-4H2,1-2H3,(H,23,25,29)/b15-11+. The van der Waals surface area contributed by atoms with Gasteiger partial charge in [-0.1, -0.05) is 23.7 Å². The molecule has 1 N–H and O–H groups in total. The maximum Gasteiger partial charge on any atom is 0.270 e. The predicted molar refractivity (Wildman–Crippen MR) is 116 cm³/mol. The predicted octanol–water partition coefficient (Wildman–Crippen LogP) is 3.97. The number of hydrogen-bond acceptors (Lipinski definition) is 5. The summed E-state index contributed by atoms with van der Waals surface area (Å²) in [6.07, 6.45) is 1.48. The first-order chi connectivity index (χ1) is 14.0. The summed E-state index contributed by atoms with van der Waals surface area (Å²) >= 11 is 11.4. The van der Waals surface area contributed by atoms with Gasteiger partial charge in [-0.2, -0.15) is 0 Å². The van der Waals surface area contributed by atoms with Crippen LogP contribution in [0.5, 0.6) is 11.5 Å². The van der Waals surface area contributed by atoms with Crippen molar-refractivity contribution in [2.45, 2.75) is 13.8 Å². The van der Waals surface area contributed by atoms with Crippen molar-refractivity contribution in [3.63, 3.8) is 0 Å². The van der Waals surface area contributed by atoms with E-state index >= 15 is 0 Å². The van der Waals surface area contributed by atoms with Crippen LogP contribution in [0.2, 0.25) is 5.02 Å². The van der Waals surface area contributed by atoms with E-state index in [1.807, 2.05) is 13.8 Å². The number of para-hydroxylation sites is 1. The molecule has 8 heteroatoms. The minimum atomic E-state index is -0.584. The van der Waals surface area contributed by atoms with Crippen molar-refractivity contribution in [3.8, 4) is 11.5 Å². The third-order valence-electron chi connectivity index (χ3n) is 4.09. The number of halogens is 1. The summed E-state index contributed by atoms with van der Waals surface area (Å²) in [6, 6.07) is 12.0. The van der Waals surface area contributed by atoms with E-state index in [2.05, 4.69) is 5.32 Å². The van der Waals surface area contributed by atoms with Gasteiger partial charge in [-0.05, 0) is 56.4 Å². The topological polar surface area (TPSA) is 67.9 Å². The van der Waals surface area contributed by atoms with E-state index < -0.39 is 11.8 Å². The molecule has 2 amide bonds. The molecule has 1 aliphatic rings. The molecule has 3 rings (SSSR count). The van der Waals surface area contributed by atoms with Crippen molar-refractivity contribution in [2.75, 3.05) is 18.1 Å². The first-order valence-electron chi connectivity index (χ1n) is 9.01. The molecule has 1 aliphatic heterocycles. The Kier molecular flexibility index (Phi) is 6.51. The second-order valence-electron chi connectivity index (χ2n) is 5.97. The molecule has 1 heterocycles. The summed E-state index contributed by atoms with van der Waals surface area (Å²) in [5.41, 5.74) is 0.885. The highest BCUT2D eigenvalue weighted by Gasteiger charge is 2.35. The molecular formula is C21H19ClN2O4S. The number of anilines is 1. The van der Waals surface area contributed by atoms with Crippen LogP contribution < -0.4 is 19.7 Å². The molecule has 2 aromatic carbocycles. The fourth-order valence-corrected chi connectivity index (χ4v) is 3.33. The highest BCUT2D eigenvalue weighted by molar-refractivity contribution is 7.80. The van der Waals surface area contributed by atoms with Crippen molar-refractivity contribution in [1.29, 1.82) is 0 Å². The molecule has 0 aromatic heterocycles. The van der Waals surface area contributed by atoms with Crippen molar-refractivity contribution >= 4 is 52.5 Å². The minimum absolute atomic E-state index is 0.0259. The largest absolute Gasteiger partial charge is 0.494 e. The fraction of sp³-hybridized carbons (Fsp3) is 0.190. The molecule has 1 saturated heterocycles. The molecule has 0 saturated carbocycles. The zero-order valence-electron chi connectivity index (χ0n) is 15.9. The van der Waals surface area contributed by atoms with Gasteiger partial charge in [0, 0.05) is 11.6 Å². The molecule has 0 aliphatic carbocycles. The molecular weight excluding hydrogens is 412 g/mol. The van der Waals surface area contributed by atoms with Crippen molar-refractivity contribution in [3.05, 3.63) is 58.6 Å². The molecule has 1 fully saturated rings. The molecule has 2 aromatic rings. The maximum absolute atomic E-state index is 13.1. The Morgan fingerprint density at radius 3 is 2.52 bits per heavy atom. The molecule has 29 heavy (non-hydrogen) atoms. The second-order valence-corrected chi connectivity index (χ2v) is 6.77. The first kappa shape index (κ1) is 20.8. The van der Waals surface area contributed by atoms with Crippen LogP contribution in [0.25, 0.3) is 6.08 Å². The van der Waals surface area contributed by atoms with Gasteiger partial charge in [0.2, 0.25) is 0 Å². The Labute approximate surface area is 179 Å². The first-order valence-corrected chi connectivity index (χ1v) is 9.80. The number of benzene rings is 2. The number of carbonyl (C=O) groups excluding carboxylic acids is 2. The Bertz CT molecular complexity index is 1010. The number of thiocarbonyl (C=S) groups is 1. The van der Waals surface area contributed by atoms with E-state index in [1.165, 1.54) is 11.0 Å². The third-order valence-corrected chi connectivity index (χ3v) is 4.69. The molecule has 0 bridgehead atoms. The lowest BCUT2D eigenvalue weighted by atomic mass is 10.1. The van der Waals surface area contributed by atoms with E-state index in [0.29, 0.717) is 41.0 Å². The molecule has 0 atom stereocenters. The minimum Gasteiger partial charge on any atom is -0.494 e. The molecule has 0 spiro atoms. The van der Waals surface area contributed by atoms with Crippen LogP contribution in [0.1, 0.15) is 19.4 Å². The van der Waals surface area contributed by atoms with Gasteiger partial charge in [0.05, 0.1) is 23.9 Å². The quantitative estimate of drug-likeness (QED) is 0.426. The Morgan fingerprint density at radius 1 is 1.10 bits per heavy atom. The van der Waals surface area contributed by atoms with Crippen LogP contribution in [-0.2, 0) is 9.59 Å². The van der Waals surface area contributed by atoms with Gasteiger partial charge in [0.25, 0.3) is 11.8 Å². The Hall–Kier alpha value is -2.90. The average Bonchev–Trinajstić information content (AvgIpc) is 2.68. The van der Waals surface area contributed by atoms with E-state index in [1.54, 1.807) is 42.5 Å². The summed E-state index contributed by atoms with van der Waals surface area (Å²) in [4.78, 5) is 26.8. The number of nitrogens with zero attached hydrogens (tertiary/aromatic N) is 1. The van der Waals surface area contributed by atoms with E-state index in [-0.39, 0.29) is 10.7 Å². The van der Waals surface area contributed by atoms with E-state index in [9.17, 15) is 9.59 Å². The lowest BCUT2D eigenvalue weighted by Gasteiger charge is -2.29. The van der Waals surface area contributed by atoms with Crippen LogP contribution in [0, 0.1) is 0 Å². The van der Waals surface area contributed by atoms with Crippen LogP contribution in [-0.4, -0.2) is 30.1 Å². The van der Waals surface area contributed by atoms with Crippen LogP contribution in [0.3, 0.4) is 0 Å². The third kappa shape index (κ3) is 4.41. The normalized spacial score (nSPS) is 15.5. The average molecular weight is 431 g/mol. The smallest absolute Gasteiger partial charge is 0.270 e. The van der Waals surface area contributed by atoms with E-state index in [4.69, 9.17) is 33.3 Å². The Balaban J connectivity index is 2.04.